The van der Waals surface area contributed by atoms with E-state index >= 15 is 0 Å². The van der Waals surface area contributed by atoms with Crippen LogP contribution in [0.4, 0.5) is 21.9 Å². The minimum atomic E-state index is -0.375. The van der Waals surface area contributed by atoms with Crippen LogP contribution >= 0.6 is 0 Å². The predicted octanol–water partition coefficient (Wildman–Crippen LogP) is 4.81. The Kier molecular flexibility index (Phi) is 7.76. The molecule has 1 aliphatic heterocycles. The molecule has 31 heavy (non-hydrogen) atoms. The lowest BCUT2D eigenvalue weighted by Crippen LogP contribution is -2.35. The number of hydrogen-bond donors (Lipinski definition) is 2. The van der Waals surface area contributed by atoms with Gasteiger partial charge < -0.3 is 25.2 Å². The number of hydrogen-bond acceptors (Lipinski definition) is 4. The third-order valence-corrected chi connectivity index (χ3v) is 5.56. The van der Waals surface area contributed by atoms with E-state index in [9.17, 15) is 9.59 Å². The zero-order chi connectivity index (χ0) is 22.2. The maximum absolute atomic E-state index is 13.2. The minimum Gasteiger partial charge on any atom is -0.497 e. The molecule has 0 radical (unpaired) electrons. The van der Waals surface area contributed by atoms with Crippen molar-refractivity contribution in [1.82, 2.24) is 4.90 Å². The fourth-order valence-corrected chi connectivity index (χ4v) is 3.87. The van der Waals surface area contributed by atoms with Gasteiger partial charge in [-0.05, 0) is 63.4 Å². The van der Waals surface area contributed by atoms with Crippen molar-refractivity contribution in [3.05, 3.63) is 48.0 Å². The van der Waals surface area contributed by atoms with E-state index in [1.54, 1.807) is 25.3 Å². The van der Waals surface area contributed by atoms with Gasteiger partial charge >= 0.3 is 6.03 Å². The second kappa shape index (κ2) is 10.7. The van der Waals surface area contributed by atoms with Crippen LogP contribution in [0.25, 0.3) is 0 Å². The van der Waals surface area contributed by atoms with E-state index in [0.717, 1.165) is 31.6 Å². The highest BCUT2D eigenvalue weighted by Gasteiger charge is 2.22. The van der Waals surface area contributed by atoms with Gasteiger partial charge in [0.15, 0.2) is 0 Å². The molecule has 0 aromatic heterocycles. The van der Waals surface area contributed by atoms with Crippen LogP contribution in [-0.4, -0.2) is 50.1 Å². The molecule has 1 saturated heterocycles. The van der Waals surface area contributed by atoms with E-state index in [-0.39, 0.29) is 11.9 Å². The molecule has 1 heterocycles. The molecule has 7 nitrogen and oxygen atoms in total. The lowest BCUT2D eigenvalue weighted by molar-refractivity contribution is 0.0773. The van der Waals surface area contributed by atoms with Gasteiger partial charge in [-0.15, -0.1) is 0 Å². The van der Waals surface area contributed by atoms with E-state index < -0.39 is 0 Å². The van der Waals surface area contributed by atoms with Gasteiger partial charge in [0.05, 0.1) is 12.7 Å². The SMILES string of the molecule is CCN(CC)C(=O)c1cc(NC(=O)Nc2cccc(OC)c2)ccc1N1CCCCC1. The molecule has 2 N–H and O–H groups in total. The molecule has 3 rings (SSSR count). The number of methoxy groups -OCH3 is 1. The van der Waals surface area contributed by atoms with Crippen LogP contribution in [0.2, 0.25) is 0 Å². The summed E-state index contributed by atoms with van der Waals surface area (Å²) >= 11 is 0. The Labute approximate surface area is 184 Å². The fraction of sp³-hybridized carbons (Fsp3) is 0.417. The number of benzene rings is 2. The van der Waals surface area contributed by atoms with Crippen LogP contribution in [-0.2, 0) is 0 Å². The Hall–Kier alpha value is -3.22. The summed E-state index contributed by atoms with van der Waals surface area (Å²) in [7, 11) is 1.58. The first-order valence-corrected chi connectivity index (χ1v) is 11.0. The number of rotatable bonds is 7. The summed E-state index contributed by atoms with van der Waals surface area (Å²) in [6, 6.07) is 12.4. The summed E-state index contributed by atoms with van der Waals surface area (Å²) in [5, 5.41) is 5.65. The number of nitrogens with one attached hydrogen (secondary N) is 2. The van der Waals surface area contributed by atoms with Crippen molar-refractivity contribution >= 4 is 29.0 Å². The number of amides is 3. The molecule has 0 bridgehead atoms. The van der Waals surface area contributed by atoms with Gasteiger partial charge in [0.25, 0.3) is 5.91 Å². The van der Waals surface area contributed by atoms with Crippen LogP contribution in [0.3, 0.4) is 0 Å². The van der Waals surface area contributed by atoms with E-state index in [2.05, 4.69) is 15.5 Å². The Morgan fingerprint density at radius 2 is 1.65 bits per heavy atom. The molecule has 0 spiro atoms. The molecular formula is C24H32N4O3. The molecule has 3 amide bonds. The first-order valence-electron chi connectivity index (χ1n) is 11.0. The molecule has 1 fully saturated rings. The minimum absolute atomic E-state index is 0.0116. The number of anilines is 3. The predicted molar refractivity (Wildman–Crippen MR) is 125 cm³/mol. The Morgan fingerprint density at radius 1 is 0.968 bits per heavy atom. The highest BCUT2D eigenvalue weighted by atomic mass is 16.5. The highest BCUT2D eigenvalue weighted by Crippen LogP contribution is 2.28. The van der Waals surface area contributed by atoms with Crippen molar-refractivity contribution in [2.75, 3.05) is 48.8 Å². The number of nitrogens with zero attached hydrogens (tertiary/aromatic N) is 2. The molecule has 2 aromatic rings. The van der Waals surface area contributed by atoms with Crippen molar-refractivity contribution in [2.24, 2.45) is 0 Å². The first kappa shape index (κ1) is 22.5. The average molecular weight is 425 g/mol. The lowest BCUT2D eigenvalue weighted by atomic mass is 10.1. The maximum Gasteiger partial charge on any atom is 0.323 e. The summed E-state index contributed by atoms with van der Waals surface area (Å²) in [6.45, 7) is 7.13. The van der Waals surface area contributed by atoms with Crippen LogP contribution in [0.5, 0.6) is 5.75 Å². The molecule has 0 aliphatic carbocycles. The second-order valence-corrected chi connectivity index (χ2v) is 7.57. The van der Waals surface area contributed by atoms with Gasteiger partial charge in [-0.1, -0.05) is 6.07 Å². The van der Waals surface area contributed by atoms with Crippen LogP contribution in [0.15, 0.2) is 42.5 Å². The van der Waals surface area contributed by atoms with Crippen molar-refractivity contribution in [3.63, 3.8) is 0 Å². The van der Waals surface area contributed by atoms with Gasteiger partial charge in [0.2, 0.25) is 0 Å². The van der Waals surface area contributed by atoms with E-state index in [4.69, 9.17) is 4.74 Å². The molecule has 166 valence electrons. The Bertz CT molecular complexity index is 905. The molecule has 0 unspecified atom stereocenters. The normalized spacial score (nSPS) is 13.5. The summed E-state index contributed by atoms with van der Waals surface area (Å²) in [5.41, 5.74) is 2.78. The van der Waals surface area contributed by atoms with Crippen molar-refractivity contribution in [1.29, 1.82) is 0 Å². The van der Waals surface area contributed by atoms with Gasteiger partial charge in [-0.2, -0.15) is 0 Å². The van der Waals surface area contributed by atoms with Gasteiger partial charge in [-0.3, -0.25) is 4.79 Å². The molecule has 0 saturated carbocycles. The number of urea groups is 1. The van der Waals surface area contributed by atoms with Crippen LogP contribution < -0.4 is 20.3 Å². The molecule has 0 atom stereocenters. The summed E-state index contributed by atoms with van der Waals surface area (Å²) < 4.78 is 5.19. The van der Waals surface area contributed by atoms with Crippen molar-refractivity contribution in [2.45, 2.75) is 33.1 Å². The smallest absolute Gasteiger partial charge is 0.323 e. The van der Waals surface area contributed by atoms with E-state index in [1.807, 2.05) is 43.0 Å². The van der Waals surface area contributed by atoms with Gasteiger partial charge in [0, 0.05) is 49.3 Å². The average Bonchev–Trinajstić information content (AvgIpc) is 2.80. The molecule has 1 aliphatic rings. The first-order chi connectivity index (χ1) is 15.0. The summed E-state index contributed by atoms with van der Waals surface area (Å²) in [5.74, 6) is 0.651. The zero-order valence-corrected chi connectivity index (χ0v) is 18.6. The standard InChI is InChI=1S/C24H32N4O3/c1-4-27(5-2)23(29)21-17-19(12-13-22(21)28-14-7-6-8-15-28)26-24(30)25-18-10-9-11-20(16-18)31-3/h9-13,16-17H,4-8,14-15H2,1-3H3,(H2,25,26,30). The quantitative estimate of drug-likeness (QED) is 0.669. The number of carbonyl (C=O) groups excluding carboxylic acids is 2. The molecule has 2 aromatic carbocycles. The van der Waals surface area contributed by atoms with E-state index in [0.29, 0.717) is 35.8 Å². The third kappa shape index (κ3) is 5.69. The van der Waals surface area contributed by atoms with Gasteiger partial charge in [0.1, 0.15) is 5.75 Å². The number of ether oxygens (including phenoxy) is 1. The largest absolute Gasteiger partial charge is 0.497 e. The topological polar surface area (TPSA) is 73.9 Å². The number of carbonyl (C=O) groups is 2. The second-order valence-electron chi connectivity index (χ2n) is 7.57. The van der Waals surface area contributed by atoms with Crippen LogP contribution in [0.1, 0.15) is 43.5 Å². The van der Waals surface area contributed by atoms with Gasteiger partial charge in [-0.25, -0.2) is 4.79 Å². The third-order valence-electron chi connectivity index (χ3n) is 5.56. The monoisotopic (exact) mass is 424 g/mol. The fourth-order valence-electron chi connectivity index (χ4n) is 3.87. The highest BCUT2D eigenvalue weighted by molar-refractivity contribution is 6.04. The lowest BCUT2D eigenvalue weighted by Gasteiger charge is -2.31. The van der Waals surface area contributed by atoms with Crippen LogP contribution in [0, 0.1) is 0 Å². The summed E-state index contributed by atoms with van der Waals surface area (Å²) in [6.07, 6.45) is 3.48. The number of piperidine rings is 1. The molecular weight excluding hydrogens is 392 g/mol. The van der Waals surface area contributed by atoms with Crippen molar-refractivity contribution in [3.8, 4) is 5.75 Å². The zero-order valence-electron chi connectivity index (χ0n) is 18.6. The maximum atomic E-state index is 13.2. The van der Waals surface area contributed by atoms with Crippen molar-refractivity contribution < 1.29 is 14.3 Å². The van der Waals surface area contributed by atoms with E-state index in [1.165, 1.54) is 6.42 Å². The molecule has 7 heteroatoms. The Morgan fingerprint density at radius 3 is 2.29 bits per heavy atom. The Balaban J connectivity index is 1.82. The summed E-state index contributed by atoms with van der Waals surface area (Å²) in [4.78, 5) is 29.8.